The van der Waals surface area contributed by atoms with Gasteiger partial charge in [-0.15, -0.1) is 11.3 Å². The van der Waals surface area contributed by atoms with Crippen molar-refractivity contribution in [2.24, 2.45) is 0 Å². The first-order valence-corrected chi connectivity index (χ1v) is 10.0. The number of aromatic nitrogens is 2. The van der Waals surface area contributed by atoms with Crippen LogP contribution < -0.4 is 0 Å². The Bertz CT molecular complexity index is 1010. The number of hydrogen-bond donors (Lipinski definition) is 0. The first kappa shape index (κ1) is 17.1. The standard InChI is InChI=1S/C19H17N3O2S2/c1-12(18-20-14-8-4-6-10-16(14)26-18)22(2)17(23)11-25-19-21-13-7-3-5-9-15(13)24-19/h3-10,12H,11H2,1-2H3. The van der Waals surface area contributed by atoms with Crippen LogP contribution in [0.4, 0.5) is 0 Å². The summed E-state index contributed by atoms with van der Waals surface area (Å²) in [5, 5.41) is 1.45. The van der Waals surface area contributed by atoms with Crippen LogP contribution in [0.25, 0.3) is 21.3 Å². The monoisotopic (exact) mass is 383 g/mol. The lowest BCUT2D eigenvalue weighted by atomic mass is 10.3. The second kappa shape index (κ2) is 7.09. The summed E-state index contributed by atoms with van der Waals surface area (Å²) < 4.78 is 6.79. The number of thiazole rings is 1. The molecule has 4 aromatic rings. The summed E-state index contributed by atoms with van der Waals surface area (Å²) in [5.74, 6) is 0.294. The van der Waals surface area contributed by atoms with Gasteiger partial charge in [-0.05, 0) is 31.2 Å². The van der Waals surface area contributed by atoms with E-state index in [9.17, 15) is 4.79 Å². The van der Waals surface area contributed by atoms with Gasteiger partial charge in [0.05, 0.1) is 22.0 Å². The summed E-state index contributed by atoms with van der Waals surface area (Å²) in [4.78, 5) is 23.3. The molecule has 132 valence electrons. The zero-order valence-corrected chi connectivity index (χ0v) is 16.0. The zero-order chi connectivity index (χ0) is 18.1. The van der Waals surface area contributed by atoms with Gasteiger partial charge in [-0.25, -0.2) is 9.97 Å². The lowest BCUT2D eigenvalue weighted by Gasteiger charge is -2.22. The highest BCUT2D eigenvalue weighted by atomic mass is 32.2. The summed E-state index contributed by atoms with van der Waals surface area (Å²) in [6.45, 7) is 2.00. The molecule has 0 saturated heterocycles. The van der Waals surface area contributed by atoms with Crippen LogP contribution in [0.5, 0.6) is 0 Å². The lowest BCUT2D eigenvalue weighted by molar-refractivity contribution is -0.128. The fraction of sp³-hybridized carbons (Fsp3) is 0.211. The molecule has 2 aromatic carbocycles. The Labute approximate surface area is 159 Å². The van der Waals surface area contributed by atoms with Gasteiger partial charge in [-0.1, -0.05) is 36.0 Å². The molecule has 2 aromatic heterocycles. The minimum Gasteiger partial charge on any atom is -0.431 e. The van der Waals surface area contributed by atoms with Gasteiger partial charge < -0.3 is 9.32 Å². The summed E-state index contributed by atoms with van der Waals surface area (Å²) >= 11 is 2.94. The largest absolute Gasteiger partial charge is 0.431 e. The maximum Gasteiger partial charge on any atom is 0.257 e. The summed E-state index contributed by atoms with van der Waals surface area (Å²) in [6.07, 6.45) is 0. The van der Waals surface area contributed by atoms with E-state index in [1.807, 2.05) is 62.5 Å². The van der Waals surface area contributed by atoms with Crippen LogP contribution in [0, 0.1) is 0 Å². The van der Waals surface area contributed by atoms with Crippen molar-refractivity contribution >= 4 is 50.3 Å². The first-order valence-electron chi connectivity index (χ1n) is 8.21. The molecule has 26 heavy (non-hydrogen) atoms. The SMILES string of the molecule is CC(c1nc2ccccc2s1)N(C)C(=O)CSc1nc2ccccc2o1. The molecule has 1 amide bonds. The van der Waals surface area contributed by atoms with E-state index in [0.29, 0.717) is 5.22 Å². The van der Waals surface area contributed by atoms with Crippen molar-refractivity contribution in [3.63, 3.8) is 0 Å². The molecule has 0 bridgehead atoms. The van der Waals surface area contributed by atoms with Gasteiger partial charge in [0.2, 0.25) is 5.91 Å². The predicted molar refractivity (Wildman–Crippen MR) is 106 cm³/mol. The molecule has 0 spiro atoms. The highest BCUT2D eigenvalue weighted by Gasteiger charge is 2.21. The molecule has 0 aliphatic carbocycles. The molecule has 0 aliphatic rings. The fourth-order valence-corrected chi connectivity index (χ4v) is 4.41. The summed E-state index contributed by atoms with van der Waals surface area (Å²) in [6, 6.07) is 15.5. The van der Waals surface area contributed by atoms with Crippen molar-refractivity contribution in [1.82, 2.24) is 14.9 Å². The zero-order valence-electron chi connectivity index (χ0n) is 14.4. The van der Waals surface area contributed by atoms with Crippen molar-refractivity contribution in [3.05, 3.63) is 53.5 Å². The maximum absolute atomic E-state index is 12.6. The van der Waals surface area contributed by atoms with Crippen molar-refractivity contribution in [3.8, 4) is 0 Å². The van der Waals surface area contributed by atoms with Crippen LogP contribution in [0.3, 0.4) is 0 Å². The number of para-hydroxylation sites is 3. The molecule has 2 heterocycles. The smallest absolute Gasteiger partial charge is 0.257 e. The number of fused-ring (bicyclic) bond motifs is 2. The Morgan fingerprint density at radius 3 is 2.65 bits per heavy atom. The summed E-state index contributed by atoms with van der Waals surface area (Å²) in [7, 11) is 1.81. The molecule has 4 rings (SSSR count). The van der Waals surface area contributed by atoms with Crippen LogP contribution in [0.15, 0.2) is 58.2 Å². The lowest BCUT2D eigenvalue weighted by Crippen LogP contribution is -2.31. The van der Waals surface area contributed by atoms with Gasteiger partial charge in [0.1, 0.15) is 10.5 Å². The normalized spacial score (nSPS) is 12.5. The second-order valence-corrected chi connectivity index (χ2v) is 7.93. The van der Waals surface area contributed by atoms with E-state index in [-0.39, 0.29) is 17.7 Å². The third-order valence-electron chi connectivity index (χ3n) is 4.24. The van der Waals surface area contributed by atoms with Crippen molar-refractivity contribution in [2.75, 3.05) is 12.8 Å². The Morgan fingerprint density at radius 1 is 1.15 bits per heavy atom. The van der Waals surface area contributed by atoms with Crippen LogP contribution in [0.2, 0.25) is 0 Å². The minimum absolute atomic E-state index is 0.0176. The summed E-state index contributed by atoms with van der Waals surface area (Å²) in [5.41, 5.74) is 2.51. The molecule has 0 radical (unpaired) electrons. The van der Waals surface area contributed by atoms with E-state index in [2.05, 4.69) is 9.97 Å². The van der Waals surface area contributed by atoms with E-state index in [1.165, 1.54) is 11.8 Å². The number of nitrogens with zero attached hydrogens (tertiary/aromatic N) is 3. The van der Waals surface area contributed by atoms with Gasteiger partial charge in [0.25, 0.3) is 5.22 Å². The molecule has 0 saturated carbocycles. The molecule has 0 N–H and O–H groups in total. The van der Waals surface area contributed by atoms with Crippen LogP contribution in [-0.2, 0) is 4.79 Å². The number of amides is 1. The number of carbonyl (C=O) groups is 1. The molecule has 5 nitrogen and oxygen atoms in total. The Hall–Kier alpha value is -2.38. The van der Waals surface area contributed by atoms with Crippen molar-refractivity contribution < 1.29 is 9.21 Å². The van der Waals surface area contributed by atoms with Crippen LogP contribution >= 0.6 is 23.1 Å². The van der Waals surface area contributed by atoms with Crippen LogP contribution in [0.1, 0.15) is 18.0 Å². The average Bonchev–Trinajstić information content (AvgIpc) is 3.28. The Morgan fingerprint density at radius 2 is 1.88 bits per heavy atom. The molecular weight excluding hydrogens is 366 g/mol. The van der Waals surface area contributed by atoms with Crippen molar-refractivity contribution in [1.29, 1.82) is 0 Å². The van der Waals surface area contributed by atoms with Gasteiger partial charge in [-0.2, -0.15) is 0 Å². The van der Waals surface area contributed by atoms with E-state index in [1.54, 1.807) is 16.2 Å². The predicted octanol–water partition coefficient (Wildman–Crippen LogP) is 4.75. The number of rotatable bonds is 5. The number of thioether (sulfide) groups is 1. The second-order valence-electron chi connectivity index (χ2n) is 5.94. The first-order chi connectivity index (χ1) is 12.6. The number of benzene rings is 2. The number of carbonyl (C=O) groups excluding carboxylic acids is 1. The molecule has 1 unspecified atom stereocenters. The quantitative estimate of drug-likeness (QED) is 0.466. The molecule has 0 fully saturated rings. The highest BCUT2D eigenvalue weighted by molar-refractivity contribution is 7.99. The molecular formula is C19H17N3O2S2. The maximum atomic E-state index is 12.6. The van der Waals surface area contributed by atoms with Crippen LogP contribution in [-0.4, -0.2) is 33.6 Å². The minimum atomic E-state index is -0.0795. The third-order valence-corrected chi connectivity index (χ3v) is 6.26. The third kappa shape index (κ3) is 3.32. The molecule has 1 atom stereocenters. The fourth-order valence-electron chi connectivity index (χ4n) is 2.59. The van der Waals surface area contributed by atoms with E-state index >= 15 is 0 Å². The molecule has 7 heteroatoms. The highest BCUT2D eigenvalue weighted by Crippen LogP contribution is 2.30. The van der Waals surface area contributed by atoms with Gasteiger partial charge in [-0.3, -0.25) is 4.79 Å². The van der Waals surface area contributed by atoms with Gasteiger partial charge in [0.15, 0.2) is 5.58 Å². The van der Waals surface area contributed by atoms with E-state index in [4.69, 9.17) is 4.42 Å². The average molecular weight is 383 g/mol. The number of oxazole rings is 1. The van der Waals surface area contributed by atoms with Gasteiger partial charge >= 0.3 is 0 Å². The topological polar surface area (TPSA) is 59.2 Å². The van der Waals surface area contributed by atoms with Gasteiger partial charge in [0, 0.05) is 7.05 Å². The Balaban J connectivity index is 1.43. The number of hydrogen-bond acceptors (Lipinski definition) is 6. The Kier molecular flexibility index (Phi) is 4.65. The van der Waals surface area contributed by atoms with E-state index in [0.717, 1.165) is 26.3 Å². The van der Waals surface area contributed by atoms with Crippen molar-refractivity contribution in [2.45, 2.75) is 18.2 Å². The van der Waals surface area contributed by atoms with E-state index < -0.39 is 0 Å². The molecule has 0 aliphatic heterocycles.